The maximum absolute atomic E-state index is 11.8. The van der Waals surface area contributed by atoms with Gasteiger partial charge in [0.2, 0.25) is 17.6 Å². The molecule has 8 nitrogen and oxygen atoms in total. The standard InChI is InChI=1S/C15H13N5O3S/c21-12(18-19-15(22)10-2-1-6-16-8-10)3-4-13-17-14(20-23-13)11-5-7-24-9-11/h1-2,5-9H,3-4H2,(H,18,21)(H,19,22). The van der Waals surface area contributed by atoms with Crippen LogP contribution >= 0.6 is 11.3 Å². The highest BCUT2D eigenvalue weighted by Crippen LogP contribution is 2.18. The number of carbonyl (C=O) groups is 2. The number of hydrazine groups is 1. The van der Waals surface area contributed by atoms with Gasteiger partial charge in [0.1, 0.15) is 0 Å². The average Bonchev–Trinajstić information content (AvgIpc) is 3.29. The van der Waals surface area contributed by atoms with Crippen molar-refractivity contribution in [1.82, 2.24) is 26.0 Å². The molecule has 0 unspecified atom stereocenters. The third-order valence-corrected chi connectivity index (χ3v) is 3.74. The lowest BCUT2D eigenvalue weighted by atomic mass is 10.3. The fraction of sp³-hybridized carbons (Fsp3) is 0.133. The molecule has 3 rings (SSSR count). The monoisotopic (exact) mass is 343 g/mol. The summed E-state index contributed by atoms with van der Waals surface area (Å²) >= 11 is 1.54. The minimum atomic E-state index is -0.436. The van der Waals surface area contributed by atoms with Gasteiger partial charge in [-0.25, -0.2) is 0 Å². The second-order valence-corrected chi connectivity index (χ2v) is 5.55. The number of thiophene rings is 1. The fourth-order valence-corrected chi connectivity index (χ4v) is 2.48. The van der Waals surface area contributed by atoms with Gasteiger partial charge in [-0.1, -0.05) is 5.16 Å². The van der Waals surface area contributed by atoms with E-state index in [2.05, 4.69) is 26.0 Å². The Labute approximate surface area is 140 Å². The Bertz CT molecular complexity index is 817. The largest absolute Gasteiger partial charge is 0.339 e. The highest BCUT2D eigenvalue weighted by atomic mass is 32.1. The highest BCUT2D eigenvalue weighted by Gasteiger charge is 2.12. The number of hydrogen-bond donors (Lipinski definition) is 2. The van der Waals surface area contributed by atoms with Gasteiger partial charge < -0.3 is 4.52 Å². The summed E-state index contributed by atoms with van der Waals surface area (Å²) in [4.78, 5) is 31.6. The molecule has 9 heteroatoms. The molecule has 3 aromatic rings. The van der Waals surface area contributed by atoms with E-state index in [1.54, 1.807) is 18.3 Å². The molecule has 0 aliphatic carbocycles. The van der Waals surface area contributed by atoms with Crippen LogP contribution < -0.4 is 10.9 Å². The molecule has 0 aromatic carbocycles. The van der Waals surface area contributed by atoms with Gasteiger partial charge in [-0.05, 0) is 23.6 Å². The van der Waals surface area contributed by atoms with Gasteiger partial charge in [-0.3, -0.25) is 25.4 Å². The van der Waals surface area contributed by atoms with Crippen molar-refractivity contribution >= 4 is 23.2 Å². The van der Waals surface area contributed by atoms with Crippen LogP contribution in [0.25, 0.3) is 11.4 Å². The van der Waals surface area contributed by atoms with Crippen molar-refractivity contribution in [2.24, 2.45) is 0 Å². The Kier molecular flexibility index (Phi) is 4.92. The number of amides is 2. The Balaban J connectivity index is 1.45. The summed E-state index contributed by atoms with van der Waals surface area (Å²) in [6, 6.07) is 5.12. The van der Waals surface area contributed by atoms with Crippen molar-refractivity contribution in [1.29, 1.82) is 0 Å². The molecule has 0 aliphatic heterocycles. The normalized spacial score (nSPS) is 10.3. The summed E-state index contributed by atoms with van der Waals surface area (Å²) in [6.07, 6.45) is 3.36. The predicted octanol–water partition coefficient (Wildman–Crippen LogP) is 1.59. The maximum Gasteiger partial charge on any atom is 0.271 e. The predicted molar refractivity (Wildman–Crippen MR) is 85.8 cm³/mol. The third-order valence-electron chi connectivity index (χ3n) is 3.05. The van der Waals surface area contributed by atoms with Gasteiger partial charge in [0.15, 0.2) is 0 Å². The molecule has 0 fully saturated rings. The van der Waals surface area contributed by atoms with Crippen LogP contribution in [0.4, 0.5) is 0 Å². The molecule has 0 bridgehead atoms. The van der Waals surface area contributed by atoms with Gasteiger partial charge in [0.25, 0.3) is 5.91 Å². The van der Waals surface area contributed by atoms with Crippen molar-refractivity contribution in [2.45, 2.75) is 12.8 Å². The van der Waals surface area contributed by atoms with Crippen molar-refractivity contribution in [3.8, 4) is 11.4 Å². The molecule has 0 saturated heterocycles. The van der Waals surface area contributed by atoms with E-state index in [1.165, 1.54) is 17.5 Å². The summed E-state index contributed by atoms with van der Waals surface area (Å²) in [7, 11) is 0. The number of rotatable bonds is 5. The van der Waals surface area contributed by atoms with Crippen LogP contribution in [-0.2, 0) is 11.2 Å². The second kappa shape index (κ2) is 7.47. The van der Waals surface area contributed by atoms with Crippen LogP contribution in [0.1, 0.15) is 22.7 Å². The van der Waals surface area contributed by atoms with Gasteiger partial charge in [0, 0.05) is 36.2 Å². The van der Waals surface area contributed by atoms with Crippen molar-refractivity contribution < 1.29 is 14.1 Å². The van der Waals surface area contributed by atoms with E-state index in [-0.39, 0.29) is 18.7 Å². The summed E-state index contributed by atoms with van der Waals surface area (Å²) in [5, 5.41) is 7.70. The van der Waals surface area contributed by atoms with Gasteiger partial charge in [-0.15, -0.1) is 0 Å². The second-order valence-electron chi connectivity index (χ2n) is 4.77. The molecule has 0 radical (unpaired) electrons. The first kappa shape index (κ1) is 15.8. The lowest BCUT2D eigenvalue weighted by Crippen LogP contribution is -2.41. The van der Waals surface area contributed by atoms with Crippen molar-refractivity contribution in [2.75, 3.05) is 0 Å². The molecule has 3 heterocycles. The van der Waals surface area contributed by atoms with E-state index in [0.717, 1.165) is 5.56 Å². The smallest absolute Gasteiger partial charge is 0.271 e. The first-order valence-electron chi connectivity index (χ1n) is 7.07. The van der Waals surface area contributed by atoms with E-state index in [0.29, 0.717) is 17.3 Å². The van der Waals surface area contributed by atoms with E-state index < -0.39 is 5.91 Å². The van der Waals surface area contributed by atoms with Gasteiger partial charge in [0.05, 0.1) is 5.56 Å². The molecule has 0 saturated carbocycles. The minimum Gasteiger partial charge on any atom is -0.339 e. The molecule has 2 N–H and O–H groups in total. The van der Waals surface area contributed by atoms with Crippen LogP contribution in [0.15, 0.2) is 45.9 Å². The van der Waals surface area contributed by atoms with Crippen LogP contribution in [0.2, 0.25) is 0 Å². The fourth-order valence-electron chi connectivity index (χ4n) is 1.84. The molecular formula is C15H13N5O3S. The Morgan fingerprint density at radius 2 is 2.17 bits per heavy atom. The highest BCUT2D eigenvalue weighted by molar-refractivity contribution is 7.08. The number of pyridine rings is 1. The molecule has 2 amide bonds. The van der Waals surface area contributed by atoms with Crippen LogP contribution in [0.5, 0.6) is 0 Å². The first-order chi connectivity index (χ1) is 11.7. The van der Waals surface area contributed by atoms with Crippen molar-refractivity contribution in [3.63, 3.8) is 0 Å². The first-order valence-corrected chi connectivity index (χ1v) is 8.01. The maximum atomic E-state index is 11.8. The Morgan fingerprint density at radius 1 is 1.25 bits per heavy atom. The molecule has 0 spiro atoms. The number of nitrogens with one attached hydrogen (secondary N) is 2. The van der Waals surface area contributed by atoms with Gasteiger partial charge >= 0.3 is 0 Å². The van der Waals surface area contributed by atoms with Crippen LogP contribution in [0.3, 0.4) is 0 Å². The Morgan fingerprint density at radius 3 is 2.92 bits per heavy atom. The number of aromatic nitrogens is 3. The number of carbonyl (C=O) groups excluding carboxylic acids is 2. The van der Waals surface area contributed by atoms with E-state index in [1.807, 2.05) is 16.8 Å². The van der Waals surface area contributed by atoms with Gasteiger partial charge in [-0.2, -0.15) is 16.3 Å². The van der Waals surface area contributed by atoms with E-state index in [9.17, 15) is 9.59 Å². The summed E-state index contributed by atoms with van der Waals surface area (Å²) < 4.78 is 5.10. The SMILES string of the molecule is O=C(CCc1nc(-c2ccsc2)no1)NNC(=O)c1cccnc1. The number of nitrogens with zero attached hydrogens (tertiary/aromatic N) is 3. The molecule has 24 heavy (non-hydrogen) atoms. The number of aryl methyl sites for hydroxylation is 1. The van der Waals surface area contributed by atoms with E-state index >= 15 is 0 Å². The molecule has 3 aromatic heterocycles. The van der Waals surface area contributed by atoms with Crippen LogP contribution in [0, 0.1) is 0 Å². The summed E-state index contributed by atoms with van der Waals surface area (Å²) in [6.45, 7) is 0. The Hall–Kier alpha value is -3.07. The van der Waals surface area contributed by atoms with Crippen molar-refractivity contribution in [3.05, 3.63) is 52.8 Å². The molecule has 0 aliphatic rings. The zero-order valence-electron chi connectivity index (χ0n) is 12.4. The van der Waals surface area contributed by atoms with E-state index in [4.69, 9.17) is 4.52 Å². The molecular weight excluding hydrogens is 330 g/mol. The molecule has 0 atom stereocenters. The lowest BCUT2D eigenvalue weighted by Gasteiger charge is -2.06. The lowest BCUT2D eigenvalue weighted by molar-refractivity contribution is -0.121. The average molecular weight is 343 g/mol. The third kappa shape index (κ3) is 4.02. The summed E-state index contributed by atoms with van der Waals surface area (Å²) in [5.74, 6) is 0.0676. The van der Waals surface area contributed by atoms with Crippen LogP contribution in [-0.4, -0.2) is 26.9 Å². The zero-order chi connectivity index (χ0) is 16.8. The minimum absolute atomic E-state index is 0.110. The molecule has 122 valence electrons. The quantitative estimate of drug-likeness (QED) is 0.681. The topological polar surface area (TPSA) is 110 Å². The summed E-state index contributed by atoms with van der Waals surface area (Å²) in [5.41, 5.74) is 5.88. The number of hydrogen-bond acceptors (Lipinski definition) is 7. The zero-order valence-corrected chi connectivity index (χ0v) is 13.2.